The predicted octanol–water partition coefficient (Wildman–Crippen LogP) is 1.75. The van der Waals surface area contributed by atoms with Gasteiger partial charge in [0.1, 0.15) is 0 Å². The maximum absolute atomic E-state index is 11.4. The van der Waals surface area contributed by atoms with E-state index in [0.717, 1.165) is 26.1 Å². The summed E-state index contributed by atoms with van der Waals surface area (Å²) < 4.78 is 5.81. The maximum Gasteiger partial charge on any atom is 0.317 e. The zero-order valence-electron chi connectivity index (χ0n) is 9.91. The molecular formula is C12H22N2O2. The van der Waals surface area contributed by atoms with Crippen LogP contribution in [0.5, 0.6) is 0 Å². The molecule has 1 aliphatic carbocycles. The molecule has 4 heteroatoms. The molecule has 0 unspecified atom stereocenters. The summed E-state index contributed by atoms with van der Waals surface area (Å²) in [5.74, 6) is 0. The van der Waals surface area contributed by atoms with Crippen molar-refractivity contribution in [3.8, 4) is 0 Å². The smallest absolute Gasteiger partial charge is 0.317 e. The van der Waals surface area contributed by atoms with Crippen LogP contribution < -0.4 is 5.32 Å². The molecule has 1 heterocycles. The monoisotopic (exact) mass is 226 g/mol. The first-order valence-electron chi connectivity index (χ1n) is 6.50. The van der Waals surface area contributed by atoms with Crippen LogP contribution in [-0.4, -0.2) is 43.3 Å². The number of rotatable bonds is 4. The lowest BCUT2D eigenvalue weighted by atomic mass is 9.98. The van der Waals surface area contributed by atoms with Crippen molar-refractivity contribution >= 4 is 6.03 Å². The van der Waals surface area contributed by atoms with E-state index in [0.29, 0.717) is 12.7 Å². The molecule has 16 heavy (non-hydrogen) atoms. The Morgan fingerprint density at radius 1 is 1.25 bits per heavy atom. The third-order valence-corrected chi connectivity index (χ3v) is 3.44. The number of carbonyl (C=O) groups excluding carboxylic acids is 1. The lowest BCUT2D eigenvalue weighted by Crippen LogP contribution is -2.47. The van der Waals surface area contributed by atoms with E-state index in [-0.39, 0.29) is 6.03 Å². The first-order valence-corrected chi connectivity index (χ1v) is 6.50. The highest BCUT2D eigenvalue weighted by Gasteiger charge is 2.18. The normalized spacial score (nSPS) is 23.2. The molecule has 1 saturated heterocycles. The van der Waals surface area contributed by atoms with Gasteiger partial charge in [0.2, 0.25) is 0 Å². The van der Waals surface area contributed by atoms with Crippen LogP contribution in [0.15, 0.2) is 0 Å². The average Bonchev–Trinajstić information content (AvgIpc) is 2.33. The Hall–Kier alpha value is -0.770. The van der Waals surface area contributed by atoms with E-state index in [1.165, 1.54) is 32.1 Å². The van der Waals surface area contributed by atoms with E-state index < -0.39 is 0 Å². The first kappa shape index (κ1) is 11.7. The average molecular weight is 226 g/mol. The molecule has 1 N–H and O–H groups in total. The molecule has 2 rings (SSSR count). The summed E-state index contributed by atoms with van der Waals surface area (Å²) in [6.07, 6.45) is 7.85. The van der Waals surface area contributed by atoms with Crippen molar-refractivity contribution in [2.45, 2.75) is 44.6 Å². The maximum atomic E-state index is 11.4. The molecule has 92 valence electrons. The number of nitrogens with one attached hydrogen (secondary N) is 1. The highest BCUT2D eigenvalue weighted by molar-refractivity contribution is 5.74. The highest BCUT2D eigenvalue weighted by atomic mass is 16.5. The Kier molecular flexibility index (Phi) is 4.45. The zero-order chi connectivity index (χ0) is 11.2. The Bertz CT molecular complexity index is 227. The van der Waals surface area contributed by atoms with Crippen LogP contribution in [0.25, 0.3) is 0 Å². The molecular weight excluding hydrogens is 204 g/mol. The molecule has 2 fully saturated rings. The van der Waals surface area contributed by atoms with Gasteiger partial charge >= 0.3 is 6.03 Å². The second-order valence-corrected chi connectivity index (χ2v) is 4.70. The molecule has 1 saturated carbocycles. The van der Waals surface area contributed by atoms with Crippen LogP contribution in [-0.2, 0) is 4.74 Å². The van der Waals surface area contributed by atoms with Crippen LogP contribution >= 0.6 is 0 Å². The van der Waals surface area contributed by atoms with E-state index in [1.54, 1.807) is 0 Å². The fraction of sp³-hybridized carbons (Fsp3) is 0.917. The molecule has 0 aromatic carbocycles. The third kappa shape index (κ3) is 3.37. The van der Waals surface area contributed by atoms with Crippen LogP contribution in [0.3, 0.4) is 0 Å². The highest BCUT2D eigenvalue weighted by Crippen LogP contribution is 2.20. The van der Waals surface area contributed by atoms with Crippen molar-refractivity contribution in [2.24, 2.45) is 0 Å². The fourth-order valence-electron chi connectivity index (χ4n) is 2.45. The van der Waals surface area contributed by atoms with Gasteiger partial charge in [0, 0.05) is 19.6 Å². The van der Waals surface area contributed by atoms with E-state index in [4.69, 9.17) is 4.74 Å². The van der Waals surface area contributed by atoms with Crippen LogP contribution in [0.4, 0.5) is 4.79 Å². The second-order valence-electron chi connectivity index (χ2n) is 4.70. The molecule has 0 aromatic heterocycles. The molecule has 4 nitrogen and oxygen atoms in total. The van der Waals surface area contributed by atoms with Crippen molar-refractivity contribution < 1.29 is 9.53 Å². The summed E-state index contributed by atoms with van der Waals surface area (Å²) in [4.78, 5) is 13.3. The summed E-state index contributed by atoms with van der Waals surface area (Å²) in [5.41, 5.74) is 0. The lowest BCUT2D eigenvalue weighted by molar-refractivity contribution is 0.0192. The molecule has 0 atom stereocenters. The standard InChI is InChI=1S/C12H22N2O2/c15-12-13-7-4-8-14(12)9-10-16-11-5-2-1-3-6-11/h11H,1-10H2,(H,13,15). The molecule has 0 radical (unpaired) electrons. The Balaban J connectivity index is 1.61. The molecule has 0 aromatic rings. The minimum Gasteiger partial charge on any atom is -0.376 e. The van der Waals surface area contributed by atoms with Gasteiger partial charge in [-0.2, -0.15) is 0 Å². The largest absolute Gasteiger partial charge is 0.376 e. The molecule has 1 aliphatic heterocycles. The molecule has 2 amide bonds. The quantitative estimate of drug-likeness (QED) is 0.793. The first-order chi connectivity index (χ1) is 7.86. The van der Waals surface area contributed by atoms with E-state index in [9.17, 15) is 4.79 Å². The van der Waals surface area contributed by atoms with Crippen molar-refractivity contribution in [3.05, 3.63) is 0 Å². The van der Waals surface area contributed by atoms with Gasteiger partial charge in [0.15, 0.2) is 0 Å². The third-order valence-electron chi connectivity index (χ3n) is 3.44. The van der Waals surface area contributed by atoms with Gasteiger partial charge in [0.25, 0.3) is 0 Å². The Morgan fingerprint density at radius 2 is 2.06 bits per heavy atom. The van der Waals surface area contributed by atoms with Gasteiger partial charge in [-0.15, -0.1) is 0 Å². The van der Waals surface area contributed by atoms with E-state index >= 15 is 0 Å². The Morgan fingerprint density at radius 3 is 2.81 bits per heavy atom. The summed E-state index contributed by atoms with van der Waals surface area (Å²) >= 11 is 0. The van der Waals surface area contributed by atoms with Gasteiger partial charge in [-0.1, -0.05) is 19.3 Å². The van der Waals surface area contributed by atoms with E-state index in [2.05, 4.69) is 5.32 Å². The number of hydrogen-bond donors (Lipinski definition) is 1. The van der Waals surface area contributed by atoms with Gasteiger partial charge in [0.05, 0.1) is 12.7 Å². The minimum absolute atomic E-state index is 0.0681. The molecule has 0 spiro atoms. The number of amides is 2. The number of carbonyl (C=O) groups is 1. The SMILES string of the molecule is O=C1NCCCN1CCOC1CCCCC1. The van der Waals surface area contributed by atoms with Gasteiger partial charge in [-0.05, 0) is 19.3 Å². The molecule has 2 aliphatic rings. The van der Waals surface area contributed by atoms with Crippen molar-refractivity contribution in [3.63, 3.8) is 0 Å². The Labute approximate surface area is 97.3 Å². The van der Waals surface area contributed by atoms with Gasteiger partial charge in [-0.25, -0.2) is 4.79 Å². The van der Waals surface area contributed by atoms with Crippen molar-refractivity contribution in [1.29, 1.82) is 0 Å². The number of ether oxygens (including phenoxy) is 1. The lowest BCUT2D eigenvalue weighted by Gasteiger charge is -2.28. The number of nitrogens with zero attached hydrogens (tertiary/aromatic N) is 1. The van der Waals surface area contributed by atoms with Gasteiger partial charge < -0.3 is 15.0 Å². The summed E-state index contributed by atoms with van der Waals surface area (Å²) in [7, 11) is 0. The minimum atomic E-state index is 0.0681. The number of hydrogen-bond acceptors (Lipinski definition) is 2. The van der Waals surface area contributed by atoms with Crippen molar-refractivity contribution in [1.82, 2.24) is 10.2 Å². The van der Waals surface area contributed by atoms with Crippen LogP contribution in [0.2, 0.25) is 0 Å². The second kappa shape index (κ2) is 6.09. The number of urea groups is 1. The van der Waals surface area contributed by atoms with Gasteiger partial charge in [-0.3, -0.25) is 0 Å². The summed E-state index contributed by atoms with van der Waals surface area (Å²) in [5, 5.41) is 2.85. The summed E-state index contributed by atoms with van der Waals surface area (Å²) in [6, 6.07) is 0.0681. The fourth-order valence-corrected chi connectivity index (χ4v) is 2.45. The topological polar surface area (TPSA) is 41.6 Å². The summed E-state index contributed by atoms with van der Waals surface area (Å²) in [6.45, 7) is 3.12. The zero-order valence-corrected chi connectivity index (χ0v) is 9.91. The molecule has 0 bridgehead atoms. The van der Waals surface area contributed by atoms with Crippen molar-refractivity contribution in [2.75, 3.05) is 26.2 Å². The predicted molar refractivity (Wildman–Crippen MR) is 62.4 cm³/mol. The van der Waals surface area contributed by atoms with Crippen LogP contribution in [0.1, 0.15) is 38.5 Å². The van der Waals surface area contributed by atoms with Crippen LogP contribution in [0, 0.1) is 0 Å². The van der Waals surface area contributed by atoms with E-state index in [1.807, 2.05) is 4.90 Å².